The number of nitrogens with zero attached hydrogens (tertiary/aromatic N) is 1. The Labute approximate surface area is 90.0 Å². The molecule has 1 amide bonds. The molecule has 1 aliphatic rings. The number of alkyl halides is 3. The first-order chi connectivity index (χ1) is 7.23. The molecule has 7 heteroatoms. The lowest BCUT2D eigenvalue weighted by atomic mass is 9.93. The van der Waals surface area contributed by atoms with Crippen molar-refractivity contribution < 1.29 is 27.9 Å². The maximum absolute atomic E-state index is 12.2. The lowest BCUT2D eigenvalue weighted by Gasteiger charge is -2.36. The van der Waals surface area contributed by atoms with E-state index in [2.05, 4.69) is 0 Å². The zero-order valence-corrected chi connectivity index (χ0v) is 8.62. The van der Waals surface area contributed by atoms with Crippen molar-refractivity contribution in [3.8, 4) is 0 Å². The number of amides is 1. The molecule has 0 radical (unpaired) electrons. The van der Waals surface area contributed by atoms with Crippen molar-refractivity contribution >= 4 is 11.9 Å². The van der Waals surface area contributed by atoms with Crippen molar-refractivity contribution in [1.29, 1.82) is 0 Å². The number of hydrogen-bond acceptors (Lipinski definition) is 2. The second-order valence-electron chi connectivity index (χ2n) is 3.92. The maximum atomic E-state index is 12.2. The van der Waals surface area contributed by atoms with Gasteiger partial charge in [0, 0.05) is 12.6 Å². The minimum Gasteiger partial charge on any atom is -0.481 e. The molecule has 1 N–H and O–H groups in total. The van der Waals surface area contributed by atoms with Crippen LogP contribution in [0.15, 0.2) is 0 Å². The second kappa shape index (κ2) is 4.31. The molecule has 0 aromatic heterocycles. The molecule has 1 heterocycles. The third-order valence-electron chi connectivity index (χ3n) is 2.73. The first-order valence-electron chi connectivity index (χ1n) is 4.84. The first kappa shape index (κ1) is 12.8. The van der Waals surface area contributed by atoms with E-state index in [9.17, 15) is 22.8 Å². The minimum atomic E-state index is -4.94. The van der Waals surface area contributed by atoms with Gasteiger partial charge in [0.1, 0.15) is 0 Å². The number of piperidine rings is 1. The van der Waals surface area contributed by atoms with Crippen molar-refractivity contribution in [2.75, 3.05) is 6.54 Å². The number of carboxylic acids is 1. The molecule has 4 nitrogen and oxygen atoms in total. The SMILES string of the molecule is C[C@@H]1CC[C@H](C(=O)O)CN1C(=O)C(F)(F)F. The molecule has 0 aliphatic carbocycles. The fourth-order valence-electron chi connectivity index (χ4n) is 1.75. The number of carbonyl (C=O) groups excluding carboxylic acids is 1. The summed E-state index contributed by atoms with van der Waals surface area (Å²) in [6.07, 6.45) is -4.36. The number of carbonyl (C=O) groups is 2. The molecule has 0 aromatic carbocycles. The van der Waals surface area contributed by atoms with Gasteiger partial charge in [0.05, 0.1) is 5.92 Å². The Morgan fingerprint density at radius 1 is 1.31 bits per heavy atom. The number of halogens is 3. The largest absolute Gasteiger partial charge is 0.481 e. The molecule has 0 aromatic rings. The van der Waals surface area contributed by atoms with Gasteiger partial charge in [-0.3, -0.25) is 9.59 Å². The molecule has 1 aliphatic heterocycles. The van der Waals surface area contributed by atoms with Crippen LogP contribution in [0.5, 0.6) is 0 Å². The molecule has 1 saturated heterocycles. The van der Waals surface area contributed by atoms with Crippen LogP contribution in [0.25, 0.3) is 0 Å². The highest BCUT2D eigenvalue weighted by Gasteiger charge is 2.46. The number of hydrogen-bond donors (Lipinski definition) is 1. The lowest BCUT2D eigenvalue weighted by molar-refractivity contribution is -0.190. The Kier molecular flexibility index (Phi) is 3.44. The number of likely N-dealkylation sites (tertiary alicyclic amines) is 1. The highest BCUT2D eigenvalue weighted by molar-refractivity contribution is 5.83. The minimum absolute atomic E-state index is 0.277. The molecular formula is C9H12F3NO3. The summed E-state index contributed by atoms with van der Waals surface area (Å²) in [5, 5.41) is 8.71. The smallest absolute Gasteiger partial charge is 0.471 e. The van der Waals surface area contributed by atoms with Crippen LogP contribution < -0.4 is 0 Å². The van der Waals surface area contributed by atoms with Gasteiger partial charge >= 0.3 is 18.1 Å². The summed E-state index contributed by atoms with van der Waals surface area (Å²) in [5.74, 6) is -4.01. The fourth-order valence-corrected chi connectivity index (χ4v) is 1.75. The van der Waals surface area contributed by atoms with Crippen LogP contribution >= 0.6 is 0 Å². The fraction of sp³-hybridized carbons (Fsp3) is 0.778. The van der Waals surface area contributed by atoms with Crippen LogP contribution in [0, 0.1) is 5.92 Å². The van der Waals surface area contributed by atoms with E-state index >= 15 is 0 Å². The van der Waals surface area contributed by atoms with Crippen LogP contribution in [0.3, 0.4) is 0 Å². The van der Waals surface area contributed by atoms with Crippen LogP contribution in [0.4, 0.5) is 13.2 Å². The number of rotatable bonds is 1. The summed E-state index contributed by atoms with van der Waals surface area (Å²) in [6, 6.07) is -0.565. The molecule has 0 bridgehead atoms. The van der Waals surface area contributed by atoms with Gasteiger partial charge in [-0.2, -0.15) is 13.2 Å². The van der Waals surface area contributed by atoms with Gasteiger partial charge in [-0.05, 0) is 19.8 Å². The zero-order chi connectivity index (χ0) is 12.5. The molecular weight excluding hydrogens is 227 g/mol. The Morgan fingerprint density at radius 3 is 2.31 bits per heavy atom. The van der Waals surface area contributed by atoms with Gasteiger partial charge in [0.25, 0.3) is 0 Å². The monoisotopic (exact) mass is 239 g/mol. The van der Waals surface area contributed by atoms with Gasteiger partial charge in [-0.1, -0.05) is 0 Å². The van der Waals surface area contributed by atoms with Crippen molar-refractivity contribution in [2.24, 2.45) is 5.92 Å². The van der Waals surface area contributed by atoms with E-state index in [-0.39, 0.29) is 13.0 Å². The molecule has 92 valence electrons. The highest BCUT2D eigenvalue weighted by atomic mass is 19.4. The molecule has 0 unspecified atom stereocenters. The topological polar surface area (TPSA) is 57.6 Å². The molecule has 1 rings (SSSR count). The number of carboxylic acid groups (broad SMARTS) is 1. The van der Waals surface area contributed by atoms with Crippen LogP contribution in [-0.4, -0.2) is 40.6 Å². The Hall–Kier alpha value is -1.27. The summed E-state index contributed by atoms with van der Waals surface area (Å²) in [4.78, 5) is 22.3. The van der Waals surface area contributed by atoms with Crippen molar-refractivity contribution in [2.45, 2.75) is 32.0 Å². The molecule has 16 heavy (non-hydrogen) atoms. The highest BCUT2D eigenvalue weighted by Crippen LogP contribution is 2.27. The summed E-state index contributed by atoms with van der Waals surface area (Å²) in [7, 11) is 0. The van der Waals surface area contributed by atoms with Gasteiger partial charge in [-0.25, -0.2) is 0 Å². The van der Waals surface area contributed by atoms with Crippen molar-refractivity contribution in [3.05, 3.63) is 0 Å². The van der Waals surface area contributed by atoms with E-state index in [1.165, 1.54) is 6.92 Å². The Morgan fingerprint density at radius 2 is 1.88 bits per heavy atom. The van der Waals surface area contributed by atoms with Crippen molar-refractivity contribution in [1.82, 2.24) is 4.90 Å². The third-order valence-corrected chi connectivity index (χ3v) is 2.73. The third kappa shape index (κ3) is 2.65. The van der Waals surface area contributed by atoms with E-state index in [4.69, 9.17) is 5.11 Å². The first-order valence-corrected chi connectivity index (χ1v) is 4.84. The Bertz CT molecular complexity index is 303. The molecule has 2 atom stereocenters. The summed E-state index contributed by atoms with van der Waals surface area (Å²) in [6.45, 7) is 1.12. The quantitative estimate of drug-likeness (QED) is 0.749. The van der Waals surface area contributed by atoms with E-state index in [1.807, 2.05) is 0 Å². The molecule has 0 saturated carbocycles. The average molecular weight is 239 g/mol. The summed E-state index contributed by atoms with van der Waals surface area (Å²) >= 11 is 0. The van der Waals surface area contributed by atoms with Gasteiger partial charge in [-0.15, -0.1) is 0 Å². The standard InChI is InChI=1S/C9H12F3NO3/c1-5-2-3-6(7(14)15)4-13(5)8(16)9(10,11)12/h5-6H,2-4H2,1H3,(H,14,15)/t5-,6+/m1/s1. The van der Waals surface area contributed by atoms with Crippen LogP contribution in [-0.2, 0) is 9.59 Å². The zero-order valence-electron chi connectivity index (χ0n) is 8.62. The van der Waals surface area contributed by atoms with Crippen molar-refractivity contribution in [3.63, 3.8) is 0 Å². The molecule has 1 fully saturated rings. The van der Waals surface area contributed by atoms with E-state index < -0.39 is 30.0 Å². The van der Waals surface area contributed by atoms with Gasteiger partial charge in [0.15, 0.2) is 0 Å². The van der Waals surface area contributed by atoms with E-state index in [1.54, 1.807) is 0 Å². The van der Waals surface area contributed by atoms with Gasteiger partial charge in [0.2, 0.25) is 0 Å². The Balaban J connectivity index is 2.78. The van der Waals surface area contributed by atoms with E-state index in [0.717, 1.165) is 0 Å². The lowest BCUT2D eigenvalue weighted by Crippen LogP contribution is -2.51. The second-order valence-corrected chi connectivity index (χ2v) is 3.92. The summed E-state index contributed by atoms with van der Waals surface area (Å²) < 4.78 is 36.6. The normalized spacial score (nSPS) is 26.6. The predicted octanol–water partition coefficient (Wildman–Crippen LogP) is 1.26. The average Bonchev–Trinajstić information content (AvgIpc) is 2.15. The van der Waals surface area contributed by atoms with E-state index in [0.29, 0.717) is 11.3 Å². The predicted molar refractivity (Wildman–Crippen MR) is 47.6 cm³/mol. The van der Waals surface area contributed by atoms with Crippen LogP contribution in [0.1, 0.15) is 19.8 Å². The summed E-state index contributed by atoms with van der Waals surface area (Å²) in [5.41, 5.74) is 0. The number of aliphatic carboxylic acids is 1. The maximum Gasteiger partial charge on any atom is 0.471 e. The van der Waals surface area contributed by atoms with Crippen LogP contribution in [0.2, 0.25) is 0 Å². The van der Waals surface area contributed by atoms with Gasteiger partial charge < -0.3 is 10.0 Å². The molecule has 0 spiro atoms.